The number of esters is 1. The van der Waals surface area contributed by atoms with Gasteiger partial charge in [0.1, 0.15) is 21.3 Å². The molecular weight excluding hydrogens is 683 g/mol. The van der Waals surface area contributed by atoms with E-state index in [0.717, 1.165) is 42.8 Å². The van der Waals surface area contributed by atoms with E-state index in [9.17, 15) is 14.4 Å². The quantitative estimate of drug-likeness (QED) is 0.248. The van der Waals surface area contributed by atoms with E-state index in [2.05, 4.69) is 14.9 Å². The fraction of sp³-hybridized carbons (Fsp3) is 0.405. The molecule has 0 spiro atoms. The van der Waals surface area contributed by atoms with E-state index in [1.54, 1.807) is 32.7 Å². The van der Waals surface area contributed by atoms with E-state index in [1.165, 1.54) is 23.4 Å². The molecule has 1 amide bonds. The first-order chi connectivity index (χ1) is 24.2. The number of carbonyl (C=O) groups excluding carboxylic acids is 2. The van der Waals surface area contributed by atoms with Crippen LogP contribution in [-0.4, -0.2) is 74.6 Å². The van der Waals surface area contributed by atoms with Crippen LogP contribution in [0, 0.1) is 11.8 Å². The summed E-state index contributed by atoms with van der Waals surface area (Å²) in [4.78, 5) is 49.5. The third kappa shape index (κ3) is 6.61. The van der Waals surface area contributed by atoms with E-state index in [1.807, 2.05) is 24.3 Å². The molecule has 3 aliphatic heterocycles. The topological polar surface area (TPSA) is 125 Å². The number of pyridine rings is 2. The number of carbonyl (C=O) groups is 2. The van der Waals surface area contributed by atoms with Gasteiger partial charge in [-0.25, -0.2) is 14.6 Å². The van der Waals surface area contributed by atoms with Gasteiger partial charge in [0.25, 0.3) is 0 Å². The van der Waals surface area contributed by atoms with Gasteiger partial charge < -0.3 is 23.9 Å². The number of benzene rings is 1. The number of hydrogen-bond acceptors (Lipinski definition) is 8. The zero-order valence-electron chi connectivity index (χ0n) is 27.9. The van der Waals surface area contributed by atoms with Crippen molar-refractivity contribution < 1.29 is 33.5 Å². The van der Waals surface area contributed by atoms with Crippen LogP contribution in [0.15, 0.2) is 77.1 Å². The summed E-state index contributed by atoms with van der Waals surface area (Å²) in [6, 6.07) is 6.96. The zero-order chi connectivity index (χ0) is 35.0. The first-order valence-corrected chi connectivity index (χ1v) is 17.5. The number of amides is 1. The molecule has 3 aromatic rings. The van der Waals surface area contributed by atoms with Gasteiger partial charge in [-0.15, -0.1) is 0 Å². The van der Waals surface area contributed by atoms with Crippen molar-refractivity contribution in [3.05, 3.63) is 104 Å². The molecule has 5 atom stereocenters. The second-order valence-corrected chi connectivity index (χ2v) is 14.1. The van der Waals surface area contributed by atoms with Crippen molar-refractivity contribution in [1.82, 2.24) is 9.88 Å². The fourth-order valence-corrected chi connectivity index (χ4v) is 8.27. The lowest BCUT2D eigenvalue weighted by Crippen LogP contribution is -2.44. The maximum absolute atomic E-state index is 13.7. The Bertz CT molecular complexity index is 1900. The minimum atomic E-state index is -0.522. The predicted molar refractivity (Wildman–Crippen MR) is 187 cm³/mol. The van der Waals surface area contributed by atoms with Gasteiger partial charge in [-0.2, -0.15) is 0 Å². The van der Waals surface area contributed by atoms with Gasteiger partial charge in [0.05, 0.1) is 27.4 Å². The number of allylic oxidation sites excluding steroid dienone is 2. The summed E-state index contributed by atoms with van der Waals surface area (Å²) in [7, 11) is 3.13. The normalized spacial score (nSPS) is 23.6. The average molecular weight is 723 g/mol. The van der Waals surface area contributed by atoms with E-state index in [0.29, 0.717) is 58.2 Å². The number of halogens is 2. The van der Waals surface area contributed by atoms with Crippen LogP contribution in [0.25, 0.3) is 0 Å². The molecule has 11 nitrogen and oxygen atoms in total. The molecule has 4 fully saturated rings. The SMILES string of the molecule is COc1ccc([C@@H](COC(=O)C2=CC=C(CN(C(=O)O[C@]34CN5CCC3C4C5)c3c[nH]ccc3=O)CC2)Cc2c(Cl)c[nH+]cc2Cl)cc1OC. The van der Waals surface area contributed by atoms with E-state index in [-0.39, 0.29) is 30.2 Å². The Morgan fingerprint density at radius 3 is 2.52 bits per heavy atom. The van der Waals surface area contributed by atoms with Crippen LogP contribution < -0.4 is 24.8 Å². The molecule has 2 N–H and O–H groups in total. The van der Waals surface area contributed by atoms with Crippen molar-refractivity contribution >= 4 is 41.0 Å². The minimum Gasteiger partial charge on any atom is -0.493 e. The summed E-state index contributed by atoms with van der Waals surface area (Å²) >= 11 is 13.0. The molecule has 50 heavy (non-hydrogen) atoms. The molecule has 3 saturated heterocycles. The van der Waals surface area contributed by atoms with E-state index >= 15 is 0 Å². The number of aromatic amines is 2. The number of ether oxygens (including phenoxy) is 4. The third-order valence-electron chi connectivity index (χ3n) is 10.5. The lowest BCUT2D eigenvalue weighted by atomic mass is 9.92. The lowest BCUT2D eigenvalue weighted by Gasteiger charge is -2.31. The van der Waals surface area contributed by atoms with Crippen LogP contribution in [0.3, 0.4) is 0 Å². The molecule has 4 bridgehead atoms. The third-order valence-corrected chi connectivity index (χ3v) is 11.2. The molecule has 5 heterocycles. The molecule has 3 unspecified atom stereocenters. The zero-order valence-corrected chi connectivity index (χ0v) is 29.4. The fourth-order valence-electron chi connectivity index (χ4n) is 7.74. The first-order valence-electron chi connectivity index (χ1n) is 16.7. The van der Waals surface area contributed by atoms with Crippen LogP contribution in [-0.2, 0) is 20.7 Å². The maximum atomic E-state index is 13.7. The highest BCUT2D eigenvalue weighted by atomic mass is 35.5. The van der Waals surface area contributed by atoms with E-state index in [4.69, 9.17) is 42.1 Å². The number of nitrogens with zero attached hydrogens (tertiary/aromatic N) is 2. The van der Waals surface area contributed by atoms with Gasteiger partial charge in [-0.3, -0.25) is 14.6 Å². The average Bonchev–Trinajstić information content (AvgIpc) is 3.62. The van der Waals surface area contributed by atoms with Crippen molar-refractivity contribution in [2.45, 2.75) is 37.2 Å². The van der Waals surface area contributed by atoms with Crippen molar-refractivity contribution in [3.63, 3.8) is 0 Å². The van der Waals surface area contributed by atoms with Crippen LogP contribution in [0.2, 0.25) is 10.0 Å². The highest BCUT2D eigenvalue weighted by molar-refractivity contribution is 6.35. The van der Waals surface area contributed by atoms with E-state index < -0.39 is 17.7 Å². The molecule has 2 aliphatic carbocycles. The summed E-state index contributed by atoms with van der Waals surface area (Å²) in [6.45, 7) is 2.97. The van der Waals surface area contributed by atoms with Gasteiger partial charge in [0.2, 0.25) is 5.43 Å². The summed E-state index contributed by atoms with van der Waals surface area (Å²) in [5, 5.41) is 0.949. The highest BCUT2D eigenvalue weighted by Crippen LogP contribution is 2.63. The molecule has 1 saturated carbocycles. The van der Waals surface area contributed by atoms with Gasteiger partial charge >= 0.3 is 12.1 Å². The second kappa shape index (κ2) is 14.1. The maximum Gasteiger partial charge on any atom is 0.415 e. The van der Waals surface area contributed by atoms with Crippen LogP contribution in [0.5, 0.6) is 11.5 Å². The molecule has 8 rings (SSSR count). The minimum absolute atomic E-state index is 0.0606. The molecular formula is C37H39Cl2N4O7+. The van der Waals surface area contributed by atoms with Crippen LogP contribution in [0.4, 0.5) is 10.5 Å². The lowest BCUT2D eigenvalue weighted by molar-refractivity contribution is -0.377. The Morgan fingerprint density at radius 2 is 1.88 bits per heavy atom. The molecule has 0 radical (unpaired) electrons. The van der Waals surface area contributed by atoms with Gasteiger partial charge in [0.15, 0.2) is 23.9 Å². The Labute approximate surface area is 299 Å². The predicted octanol–water partition coefficient (Wildman–Crippen LogP) is 5.38. The molecule has 13 heteroatoms. The standard InChI is InChI=1S/C37H38Cl2N4O7/c1-47-33-8-7-24(14-34(33)48-2)25(13-26-29(38)15-41-16-30(26)39)20-49-35(45)23-5-3-22(4-6-23)18-43(31-17-40-11-9-32(31)44)36(46)50-37-21-42-12-10-27(37)28(37)19-42/h3,5,7-9,11,14-17,25,27-28H,4,6,10,12-13,18-21H2,1-2H3,(H,40,44)/p+1/t25-,27?,28?,37-/m1/s1. The van der Waals surface area contributed by atoms with Gasteiger partial charge in [-0.1, -0.05) is 41.4 Å². The Hall–Kier alpha value is -4.32. The number of fused-ring (bicyclic) bond motifs is 1. The van der Waals surface area contributed by atoms with Gasteiger partial charge in [-0.05, 0) is 55.5 Å². The molecule has 262 valence electrons. The number of H-pyrrole nitrogens is 2. The number of aromatic nitrogens is 2. The summed E-state index contributed by atoms with van der Waals surface area (Å²) in [5.74, 6) is 1.15. The van der Waals surface area contributed by atoms with Crippen molar-refractivity contribution in [1.29, 1.82) is 0 Å². The number of nitrogens with one attached hydrogen (secondary N) is 2. The number of anilines is 1. The number of methoxy groups -OCH3 is 2. The summed E-state index contributed by atoms with van der Waals surface area (Å²) < 4.78 is 23.0. The Kier molecular flexibility index (Phi) is 9.65. The second-order valence-electron chi connectivity index (χ2n) is 13.3. The van der Waals surface area contributed by atoms with Crippen molar-refractivity contribution in [2.75, 3.05) is 51.9 Å². The number of rotatable bonds is 12. The largest absolute Gasteiger partial charge is 0.493 e. The highest BCUT2D eigenvalue weighted by Gasteiger charge is 2.74. The number of piperidine rings is 3. The van der Waals surface area contributed by atoms with Crippen molar-refractivity contribution in [3.8, 4) is 11.5 Å². The molecule has 5 aliphatic rings. The molecule has 1 aromatic carbocycles. The number of hydrogen-bond donors (Lipinski definition) is 1. The Balaban J connectivity index is 1.06. The van der Waals surface area contributed by atoms with Gasteiger partial charge in [0, 0.05) is 60.4 Å². The summed E-state index contributed by atoms with van der Waals surface area (Å²) in [5.41, 5.74) is 2.47. The Morgan fingerprint density at radius 1 is 1.08 bits per heavy atom. The first kappa shape index (κ1) is 34.1. The van der Waals surface area contributed by atoms with Crippen LogP contribution in [0.1, 0.15) is 36.3 Å². The van der Waals surface area contributed by atoms with Crippen LogP contribution >= 0.6 is 23.2 Å². The summed E-state index contributed by atoms with van der Waals surface area (Å²) in [6.07, 6.45) is 11.8. The molecule has 2 aromatic heterocycles. The van der Waals surface area contributed by atoms with Crippen molar-refractivity contribution in [2.24, 2.45) is 11.8 Å². The monoisotopic (exact) mass is 721 g/mol. The smallest absolute Gasteiger partial charge is 0.415 e.